The second-order valence-electron chi connectivity index (χ2n) is 4.30. The first-order valence-corrected chi connectivity index (χ1v) is 5.62. The molecule has 1 unspecified atom stereocenters. The van der Waals surface area contributed by atoms with Crippen molar-refractivity contribution in [1.29, 1.82) is 0 Å². The summed E-state index contributed by atoms with van der Waals surface area (Å²) >= 11 is 0. The topological polar surface area (TPSA) is 113 Å². The summed E-state index contributed by atoms with van der Waals surface area (Å²) < 4.78 is 0. The smallest absolute Gasteiger partial charge is 0.108 e. The van der Waals surface area contributed by atoms with Gasteiger partial charge in [-0.25, -0.2) is 0 Å². The number of aliphatic hydroxyl groups is 5. The maximum absolute atomic E-state index is 9.62. The minimum Gasteiger partial charge on any atom is -0.395 e. The highest BCUT2D eigenvalue weighted by Gasteiger charge is 2.34. The van der Waals surface area contributed by atoms with Gasteiger partial charge in [-0.3, -0.25) is 0 Å². The van der Waals surface area contributed by atoms with Crippen LogP contribution in [-0.4, -0.2) is 69.1 Å². The van der Waals surface area contributed by atoms with Gasteiger partial charge in [0, 0.05) is 12.6 Å². The lowest BCUT2D eigenvalue weighted by Crippen LogP contribution is -2.49. The molecule has 5 atom stereocenters. The van der Waals surface area contributed by atoms with Crippen LogP contribution in [0.2, 0.25) is 0 Å². The quantitative estimate of drug-likeness (QED) is 0.324. The van der Waals surface area contributed by atoms with E-state index < -0.39 is 24.4 Å². The fraction of sp³-hybridized carbons (Fsp3) is 1.00. The van der Waals surface area contributed by atoms with Crippen molar-refractivity contribution in [2.45, 2.75) is 49.7 Å². The van der Waals surface area contributed by atoms with Gasteiger partial charge in [-0.05, 0) is 19.3 Å². The number of hydrogen-bond acceptors (Lipinski definition) is 6. The SMILES string of the molecule is OCCNC1CC[C@H](O)[C@@H](O)[C@H](O)[C@@H](O)C1. The molecule has 1 rings (SSSR count). The largest absolute Gasteiger partial charge is 0.395 e. The molecule has 1 saturated carbocycles. The zero-order valence-corrected chi connectivity index (χ0v) is 9.16. The molecule has 0 heterocycles. The van der Waals surface area contributed by atoms with Crippen molar-refractivity contribution in [3.63, 3.8) is 0 Å². The molecule has 0 radical (unpaired) electrons. The summed E-state index contributed by atoms with van der Waals surface area (Å²) in [5.41, 5.74) is 0. The summed E-state index contributed by atoms with van der Waals surface area (Å²) in [5, 5.41) is 49.8. The first-order valence-electron chi connectivity index (χ1n) is 5.62. The van der Waals surface area contributed by atoms with Crippen molar-refractivity contribution in [3.8, 4) is 0 Å². The van der Waals surface area contributed by atoms with Crippen LogP contribution in [0, 0.1) is 0 Å². The Labute approximate surface area is 94.5 Å². The third kappa shape index (κ3) is 3.65. The molecular weight excluding hydrogens is 214 g/mol. The van der Waals surface area contributed by atoms with E-state index in [1.165, 1.54) is 0 Å². The molecule has 0 aliphatic heterocycles. The molecule has 0 saturated heterocycles. The Morgan fingerprint density at radius 3 is 2.19 bits per heavy atom. The highest BCUT2D eigenvalue weighted by atomic mass is 16.4. The molecule has 1 aliphatic carbocycles. The summed E-state index contributed by atoms with van der Waals surface area (Å²) in [5.74, 6) is 0. The van der Waals surface area contributed by atoms with Crippen LogP contribution < -0.4 is 5.32 Å². The number of nitrogens with one attached hydrogen (secondary N) is 1. The van der Waals surface area contributed by atoms with Crippen LogP contribution >= 0.6 is 0 Å². The Bertz CT molecular complexity index is 204. The van der Waals surface area contributed by atoms with Crippen LogP contribution in [-0.2, 0) is 0 Å². The highest BCUT2D eigenvalue weighted by Crippen LogP contribution is 2.19. The van der Waals surface area contributed by atoms with Gasteiger partial charge in [0.25, 0.3) is 0 Å². The van der Waals surface area contributed by atoms with Crippen LogP contribution in [0.15, 0.2) is 0 Å². The molecule has 16 heavy (non-hydrogen) atoms. The minimum atomic E-state index is -1.33. The molecule has 6 heteroatoms. The fourth-order valence-corrected chi connectivity index (χ4v) is 2.00. The second kappa shape index (κ2) is 6.48. The van der Waals surface area contributed by atoms with Crippen LogP contribution in [0.3, 0.4) is 0 Å². The zero-order chi connectivity index (χ0) is 12.1. The molecule has 0 aromatic heterocycles. The summed E-state index contributed by atoms with van der Waals surface area (Å²) in [6.45, 7) is 0.409. The van der Waals surface area contributed by atoms with E-state index >= 15 is 0 Å². The van der Waals surface area contributed by atoms with Gasteiger partial charge in [0.15, 0.2) is 0 Å². The van der Waals surface area contributed by atoms with Gasteiger partial charge >= 0.3 is 0 Å². The van der Waals surface area contributed by atoms with E-state index in [4.69, 9.17) is 5.11 Å². The molecule has 6 nitrogen and oxygen atoms in total. The molecule has 96 valence electrons. The Balaban J connectivity index is 2.54. The van der Waals surface area contributed by atoms with E-state index in [1.807, 2.05) is 0 Å². The molecule has 6 N–H and O–H groups in total. The molecule has 0 amide bonds. The first-order chi connectivity index (χ1) is 7.56. The van der Waals surface area contributed by atoms with Gasteiger partial charge in [-0.2, -0.15) is 0 Å². The predicted octanol–water partition coefficient (Wildman–Crippen LogP) is -2.44. The molecule has 0 bridgehead atoms. The van der Waals surface area contributed by atoms with E-state index in [0.29, 0.717) is 25.8 Å². The lowest BCUT2D eigenvalue weighted by molar-refractivity contribution is -0.117. The van der Waals surface area contributed by atoms with Crippen LogP contribution in [0.25, 0.3) is 0 Å². The third-order valence-corrected chi connectivity index (χ3v) is 3.02. The fourth-order valence-electron chi connectivity index (χ4n) is 2.00. The first kappa shape index (κ1) is 13.8. The van der Waals surface area contributed by atoms with Crippen LogP contribution in [0.4, 0.5) is 0 Å². The van der Waals surface area contributed by atoms with Crippen LogP contribution in [0.1, 0.15) is 19.3 Å². The highest BCUT2D eigenvalue weighted by molar-refractivity contribution is 4.87. The van der Waals surface area contributed by atoms with Crippen molar-refractivity contribution < 1.29 is 25.5 Å². The van der Waals surface area contributed by atoms with E-state index in [0.717, 1.165) is 0 Å². The number of aliphatic hydroxyl groups excluding tert-OH is 5. The second-order valence-corrected chi connectivity index (χ2v) is 4.30. The molecule has 0 aromatic rings. The molecule has 1 fully saturated rings. The Morgan fingerprint density at radius 1 is 0.938 bits per heavy atom. The molecule has 0 aromatic carbocycles. The monoisotopic (exact) mass is 235 g/mol. The van der Waals surface area contributed by atoms with Crippen molar-refractivity contribution in [1.82, 2.24) is 5.32 Å². The maximum atomic E-state index is 9.62. The van der Waals surface area contributed by atoms with Crippen LogP contribution in [0.5, 0.6) is 0 Å². The number of hydrogen-bond donors (Lipinski definition) is 6. The predicted molar refractivity (Wildman–Crippen MR) is 56.8 cm³/mol. The van der Waals surface area contributed by atoms with E-state index in [-0.39, 0.29) is 12.6 Å². The average Bonchev–Trinajstić information content (AvgIpc) is 2.28. The lowest BCUT2D eigenvalue weighted by atomic mass is 9.89. The van der Waals surface area contributed by atoms with Gasteiger partial charge < -0.3 is 30.8 Å². The van der Waals surface area contributed by atoms with Crippen molar-refractivity contribution in [2.75, 3.05) is 13.2 Å². The summed E-state index contributed by atoms with van der Waals surface area (Å²) in [6, 6.07) is -0.0704. The van der Waals surface area contributed by atoms with Crippen molar-refractivity contribution >= 4 is 0 Å². The Morgan fingerprint density at radius 2 is 1.56 bits per heavy atom. The van der Waals surface area contributed by atoms with Gasteiger partial charge in [0.1, 0.15) is 12.2 Å². The molecule has 1 aliphatic rings. The number of rotatable bonds is 3. The van der Waals surface area contributed by atoms with Gasteiger partial charge in [-0.15, -0.1) is 0 Å². The lowest BCUT2D eigenvalue weighted by Gasteiger charge is -2.33. The standard InChI is InChI=1S/C10H21NO5/c12-4-3-11-6-1-2-7(13)9(15)10(16)8(14)5-6/h6-16H,1-5H2/t6?,7-,8-,9+,10+/m0/s1. The third-order valence-electron chi connectivity index (χ3n) is 3.02. The summed E-state index contributed by atoms with van der Waals surface area (Å²) in [7, 11) is 0. The minimum absolute atomic E-state index is 0.000325. The van der Waals surface area contributed by atoms with Crippen molar-refractivity contribution in [2.24, 2.45) is 0 Å². The maximum Gasteiger partial charge on any atom is 0.108 e. The van der Waals surface area contributed by atoms with E-state index in [1.54, 1.807) is 0 Å². The summed E-state index contributed by atoms with van der Waals surface area (Å²) in [6.07, 6.45) is -3.48. The van der Waals surface area contributed by atoms with E-state index in [2.05, 4.69) is 5.32 Å². The Hall–Kier alpha value is -0.240. The molecule has 0 spiro atoms. The normalized spacial score (nSPS) is 41.4. The zero-order valence-electron chi connectivity index (χ0n) is 9.16. The summed E-state index contributed by atoms with van der Waals surface area (Å²) in [4.78, 5) is 0. The Kier molecular flexibility index (Phi) is 5.60. The van der Waals surface area contributed by atoms with Gasteiger partial charge in [0.05, 0.1) is 18.8 Å². The van der Waals surface area contributed by atoms with Gasteiger partial charge in [-0.1, -0.05) is 0 Å². The average molecular weight is 235 g/mol. The van der Waals surface area contributed by atoms with Crippen molar-refractivity contribution in [3.05, 3.63) is 0 Å². The van der Waals surface area contributed by atoms with Gasteiger partial charge in [0.2, 0.25) is 0 Å². The molecular formula is C10H21NO5. The van der Waals surface area contributed by atoms with E-state index in [9.17, 15) is 20.4 Å².